The number of nitrogen functional groups attached to an aromatic ring is 1. The number of nitrogens with two attached hydrogens (primary N) is 1. The molecule has 0 spiro atoms. The zero-order chi connectivity index (χ0) is 26.8. The second-order valence-corrected chi connectivity index (χ2v) is 8.12. The Bertz CT molecular complexity index is 1530. The van der Waals surface area contributed by atoms with E-state index in [2.05, 4.69) is 25.6 Å². The normalized spacial score (nSPS) is 13.1. The molecule has 3 heterocycles. The van der Waals surface area contributed by atoms with E-state index in [1.54, 1.807) is 31.2 Å². The molecule has 2 aromatic carbocycles. The summed E-state index contributed by atoms with van der Waals surface area (Å²) in [5.41, 5.74) is 6.25. The van der Waals surface area contributed by atoms with E-state index in [1.165, 1.54) is 19.4 Å². The number of aromatic nitrogens is 5. The molecule has 1 unspecified atom stereocenters. The minimum Gasteiger partial charge on any atom is -0.493 e. The van der Waals surface area contributed by atoms with Crippen LogP contribution in [0.1, 0.15) is 34.7 Å². The molecule has 198 valence electrons. The Morgan fingerprint density at radius 2 is 2.00 bits per heavy atom. The molecule has 38 heavy (non-hydrogen) atoms. The zero-order valence-electron chi connectivity index (χ0n) is 20.4. The lowest BCUT2D eigenvalue weighted by molar-refractivity contribution is 0.0526. The lowest BCUT2D eigenvalue weighted by Gasteiger charge is -2.25. The molecule has 0 fully saturated rings. The van der Waals surface area contributed by atoms with Crippen LogP contribution in [-0.4, -0.2) is 57.9 Å². The first kappa shape index (κ1) is 24.7. The molecule has 13 nitrogen and oxygen atoms in total. The van der Waals surface area contributed by atoms with Gasteiger partial charge in [-0.05, 0) is 37.3 Å². The maximum absolute atomic E-state index is 15.9. The van der Waals surface area contributed by atoms with Gasteiger partial charge in [-0.2, -0.15) is 9.78 Å². The Morgan fingerprint density at radius 1 is 1.26 bits per heavy atom. The molecule has 0 radical (unpaired) electrons. The lowest BCUT2D eigenvalue weighted by Crippen LogP contribution is -2.21. The van der Waals surface area contributed by atoms with Crippen LogP contribution >= 0.6 is 0 Å². The summed E-state index contributed by atoms with van der Waals surface area (Å²) >= 11 is 0. The van der Waals surface area contributed by atoms with E-state index in [4.69, 9.17) is 24.7 Å². The molecule has 0 saturated heterocycles. The predicted molar refractivity (Wildman–Crippen MR) is 133 cm³/mol. The number of benzene rings is 2. The minimum atomic E-state index is -1.05. The van der Waals surface area contributed by atoms with E-state index in [0.29, 0.717) is 11.4 Å². The number of rotatable bonds is 8. The number of hydrogen-bond donors (Lipinski definition) is 4. The minimum absolute atomic E-state index is 0.00206. The maximum atomic E-state index is 15.9. The van der Waals surface area contributed by atoms with Crippen LogP contribution in [0.2, 0.25) is 0 Å². The first-order chi connectivity index (χ1) is 18.4. The number of H-pyrrole nitrogens is 2. The fourth-order valence-electron chi connectivity index (χ4n) is 3.99. The monoisotopic (exact) mass is 525 g/mol. The van der Waals surface area contributed by atoms with Crippen LogP contribution in [0.25, 0.3) is 5.82 Å². The van der Waals surface area contributed by atoms with Gasteiger partial charge in [-0.1, -0.05) is 0 Å². The number of nitrogens with zero attached hydrogens (tertiary/aromatic N) is 3. The highest BCUT2D eigenvalue weighted by atomic mass is 19.1. The van der Waals surface area contributed by atoms with Crippen LogP contribution in [0.4, 0.5) is 15.8 Å². The van der Waals surface area contributed by atoms with E-state index in [-0.39, 0.29) is 59.8 Å². The standard InChI is InChI=1S/C24H24FN7O6/c1-3-36-23(33)15-11-27-30-22(15)32-24(34)29-21(31-32)18(28-13-6-4-12(26)5-7-13)14-10-16(35-2)19-20(17(14)25)38-9-8-37-19/h4-7,10-11,18,28H,3,8-9,26H2,1-2H3,(H,27,30)(H,29,31,34). The highest BCUT2D eigenvalue weighted by Gasteiger charge is 2.31. The number of fused-ring (bicyclic) bond motifs is 1. The predicted octanol–water partition coefficient (Wildman–Crippen LogP) is 2.16. The Kier molecular flexibility index (Phi) is 6.60. The van der Waals surface area contributed by atoms with Crippen molar-refractivity contribution < 1.29 is 28.1 Å². The number of nitrogens with one attached hydrogen (secondary N) is 3. The van der Waals surface area contributed by atoms with E-state index >= 15 is 4.39 Å². The molecule has 0 bridgehead atoms. The van der Waals surface area contributed by atoms with Gasteiger partial charge in [0.15, 0.2) is 23.2 Å². The van der Waals surface area contributed by atoms with Gasteiger partial charge < -0.3 is 30.0 Å². The molecule has 4 aromatic rings. The van der Waals surface area contributed by atoms with Crippen LogP contribution in [0.5, 0.6) is 17.2 Å². The van der Waals surface area contributed by atoms with Crippen LogP contribution in [0.15, 0.2) is 41.3 Å². The van der Waals surface area contributed by atoms with Crippen molar-refractivity contribution in [2.75, 3.05) is 38.0 Å². The third kappa shape index (κ3) is 4.47. The number of carbonyl (C=O) groups excluding carboxylic acids is 1. The number of halogens is 1. The summed E-state index contributed by atoms with van der Waals surface area (Å²) in [5.74, 6) is -1.14. The van der Waals surface area contributed by atoms with Crippen molar-refractivity contribution in [2.24, 2.45) is 0 Å². The van der Waals surface area contributed by atoms with Crippen LogP contribution in [0.3, 0.4) is 0 Å². The number of methoxy groups -OCH3 is 1. The average Bonchev–Trinajstić information content (AvgIpc) is 3.56. The summed E-state index contributed by atoms with van der Waals surface area (Å²) < 4.78 is 38.4. The summed E-state index contributed by atoms with van der Waals surface area (Å²) in [5, 5.41) is 14.0. The molecular formula is C24H24FN7O6. The number of carbonyl (C=O) groups is 1. The van der Waals surface area contributed by atoms with E-state index < -0.39 is 23.5 Å². The number of ether oxygens (including phenoxy) is 4. The van der Waals surface area contributed by atoms with Gasteiger partial charge in [0.2, 0.25) is 11.5 Å². The maximum Gasteiger partial charge on any atom is 0.349 e. The first-order valence-corrected chi connectivity index (χ1v) is 11.6. The van der Waals surface area contributed by atoms with Gasteiger partial charge in [0, 0.05) is 16.9 Å². The average molecular weight is 525 g/mol. The van der Waals surface area contributed by atoms with Crippen molar-refractivity contribution >= 4 is 17.3 Å². The first-order valence-electron chi connectivity index (χ1n) is 11.6. The zero-order valence-corrected chi connectivity index (χ0v) is 20.4. The molecule has 0 amide bonds. The highest BCUT2D eigenvalue weighted by Crippen LogP contribution is 2.45. The summed E-state index contributed by atoms with van der Waals surface area (Å²) in [6.45, 7) is 2.16. The van der Waals surface area contributed by atoms with Crippen molar-refractivity contribution in [1.29, 1.82) is 0 Å². The molecule has 1 aliphatic rings. The largest absolute Gasteiger partial charge is 0.493 e. The Hall–Kier alpha value is -5.01. The Morgan fingerprint density at radius 3 is 2.71 bits per heavy atom. The van der Waals surface area contributed by atoms with Gasteiger partial charge in [-0.25, -0.2) is 14.0 Å². The van der Waals surface area contributed by atoms with Crippen molar-refractivity contribution in [1.82, 2.24) is 25.0 Å². The van der Waals surface area contributed by atoms with E-state index in [9.17, 15) is 9.59 Å². The third-order valence-corrected chi connectivity index (χ3v) is 5.73. The molecule has 2 aromatic heterocycles. The third-order valence-electron chi connectivity index (χ3n) is 5.73. The van der Waals surface area contributed by atoms with Crippen molar-refractivity contribution in [2.45, 2.75) is 13.0 Å². The number of hydrogen-bond acceptors (Lipinski definition) is 10. The number of anilines is 2. The van der Waals surface area contributed by atoms with E-state index in [1.807, 2.05) is 0 Å². The van der Waals surface area contributed by atoms with Gasteiger partial charge in [0.1, 0.15) is 24.8 Å². The highest BCUT2D eigenvalue weighted by molar-refractivity contribution is 5.92. The molecule has 0 saturated carbocycles. The van der Waals surface area contributed by atoms with Gasteiger partial charge >= 0.3 is 11.7 Å². The molecule has 14 heteroatoms. The van der Waals surface area contributed by atoms with Gasteiger partial charge in [0.25, 0.3) is 0 Å². The SMILES string of the molecule is CCOC(=O)c1cn[nH]c1-n1nc(C(Nc2ccc(N)cc2)c2cc(OC)c3c(c2F)OCCO3)[nH]c1=O. The van der Waals surface area contributed by atoms with Crippen LogP contribution in [0, 0.1) is 5.82 Å². The molecule has 1 aliphatic heterocycles. The van der Waals surface area contributed by atoms with Crippen molar-refractivity contribution in [3.05, 3.63) is 69.8 Å². The van der Waals surface area contributed by atoms with Gasteiger partial charge in [0.05, 0.1) is 19.9 Å². The molecule has 1 atom stereocenters. The Balaban J connectivity index is 1.64. The summed E-state index contributed by atoms with van der Waals surface area (Å²) in [4.78, 5) is 28.0. The summed E-state index contributed by atoms with van der Waals surface area (Å²) in [7, 11) is 1.42. The van der Waals surface area contributed by atoms with Gasteiger partial charge in [-0.15, -0.1) is 5.10 Å². The second kappa shape index (κ2) is 10.2. The quantitative estimate of drug-likeness (QED) is 0.197. The summed E-state index contributed by atoms with van der Waals surface area (Å²) in [6.07, 6.45) is 1.23. The second-order valence-electron chi connectivity index (χ2n) is 8.12. The van der Waals surface area contributed by atoms with Gasteiger partial charge in [-0.3, -0.25) is 10.1 Å². The summed E-state index contributed by atoms with van der Waals surface area (Å²) in [6, 6.07) is 7.10. The fraction of sp³-hybridized carbons (Fsp3) is 0.250. The smallest absolute Gasteiger partial charge is 0.349 e. The molecule has 5 N–H and O–H groups in total. The fourth-order valence-corrected chi connectivity index (χ4v) is 3.99. The van der Waals surface area contributed by atoms with E-state index in [0.717, 1.165) is 4.68 Å². The van der Waals surface area contributed by atoms with Crippen molar-refractivity contribution in [3.63, 3.8) is 0 Å². The molecular weight excluding hydrogens is 501 g/mol. The van der Waals surface area contributed by atoms with Crippen LogP contribution < -0.4 is 31.0 Å². The number of esters is 1. The molecule has 0 aliphatic carbocycles. The van der Waals surface area contributed by atoms with Crippen LogP contribution in [-0.2, 0) is 4.74 Å². The Labute approximate surface area is 214 Å². The molecule has 5 rings (SSSR count). The topological polar surface area (TPSA) is 171 Å². The van der Waals surface area contributed by atoms with Crippen molar-refractivity contribution in [3.8, 4) is 23.1 Å². The lowest BCUT2D eigenvalue weighted by atomic mass is 10.0. The number of aromatic amines is 2.